The van der Waals surface area contributed by atoms with Crippen LogP contribution in [0.4, 0.5) is 0 Å². The third-order valence-electron chi connectivity index (χ3n) is 4.36. The van der Waals surface area contributed by atoms with Crippen LogP contribution >= 0.6 is 0 Å². The normalized spacial score (nSPS) is 18.6. The molecule has 0 saturated carbocycles. The van der Waals surface area contributed by atoms with Crippen molar-refractivity contribution in [3.8, 4) is 5.75 Å². The Kier molecular flexibility index (Phi) is 6.68. The number of benzene rings is 1. The SMILES string of the molecule is Cc1cccc(OCC(O)CN(C)CC2CCN(C)CC2)c1. The predicted molar refractivity (Wildman–Crippen MR) is 90.4 cm³/mol. The summed E-state index contributed by atoms with van der Waals surface area (Å²) in [6.45, 7) is 6.50. The Hall–Kier alpha value is -1.10. The zero-order valence-electron chi connectivity index (χ0n) is 14.2. The lowest BCUT2D eigenvalue weighted by Gasteiger charge is -2.32. The van der Waals surface area contributed by atoms with Crippen molar-refractivity contribution in [2.24, 2.45) is 5.92 Å². The number of aryl methyl sites for hydroxylation is 1. The maximum absolute atomic E-state index is 10.1. The van der Waals surface area contributed by atoms with E-state index in [9.17, 15) is 5.11 Å². The molecule has 0 amide bonds. The van der Waals surface area contributed by atoms with E-state index in [4.69, 9.17) is 4.74 Å². The zero-order valence-corrected chi connectivity index (χ0v) is 14.2. The molecule has 1 saturated heterocycles. The first-order chi connectivity index (χ1) is 10.5. The van der Waals surface area contributed by atoms with Crippen molar-refractivity contribution < 1.29 is 9.84 Å². The fourth-order valence-electron chi connectivity index (χ4n) is 3.07. The summed E-state index contributed by atoms with van der Waals surface area (Å²) in [6, 6.07) is 7.94. The molecular formula is C18H30N2O2. The Bertz CT molecular complexity index is 444. The maximum Gasteiger partial charge on any atom is 0.119 e. The number of hydrogen-bond acceptors (Lipinski definition) is 4. The second kappa shape index (κ2) is 8.51. The molecule has 1 atom stereocenters. The first kappa shape index (κ1) is 17.3. The second-order valence-electron chi connectivity index (χ2n) is 6.75. The summed E-state index contributed by atoms with van der Waals surface area (Å²) >= 11 is 0. The van der Waals surface area contributed by atoms with E-state index in [-0.39, 0.29) is 0 Å². The van der Waals surface area contributed by atoms with Crippen LogP contribution in [0.1, 0.15) is 18.4 Å². The summed E-state index contributed by atoms with van der Waals surface area (Å²) in [7, 11) is 4.28. The van der Waals surface area contributed by atoms with Gasteiger partial charge in [-0.1, -0.05) is 12.1 Å². The van der Waals surface area contributed by atoms with Gasteiger partial charge in [-0.05, 0) is 70.6 Å². The molecule has 1 aliphatic rings. The van der Waals surface area contributed by atoms with Crippen LogP contribution in [0.2, 0.25) is 0 Å². The number of aliphatic hydroxyl groups excluding tert-OH is 1. The highest BCUT2D eigenvalue weighted by Crippen LogP contribution is 2.17. The van der Waals surface area contributed by atoms with Crippen LogP contribution in [0.15, 0.2) is 24.3 Å². The Morgan fingerprint density at radius 3 is 2.77 bits per heavy atom. The third-order valence-corrected chi connectivity index (χ3v) is 4.36. The van der Waals surface area contributed by atoms with E-state index in [1.165, 1.54) is 31.5 Å². The topological polar surface area (TPSA) is 35.9 Å². The minimum atomic E-state index is -0.447. The largest absolute Gasteiger partial charge is 0.491 e. The molecule has 4 heteroatoms. The van der Waals surface area contributed by atoms with Gasteiger partial charge in [-0.25, -0.2) is 0 Å². The lowest BCUT2D eigenvalue weighted by Crippen LogP contribution is -2.39. The molecule has 0 spiro atoms. The van der Waals surface area contributed by atoms with Crippen LogP contribution < -0.4 is 4.74 Å². The summed E-state index contributed by atoms with van der Waals surface area (Å²) in [5, 5.41) is 10.1. The molecule has 1 fully saturated rings. The molecule has 0 radical (unpaired) electrons. The molecule has 4 nitrogen and oxygen atoms in total. The minimum Gasteiger partial charge on any atom is -0.491 e. The van der Waals surface area contributed by atoms with Gasteiger partial charge in [0.15, 0.2) is 0 Å². The highest BCUT2D eigenvalue weighted by atomic mass is 16.5. The number of likely N-dealkylation sites (tertiary alicyclic amines) is 1. The predicted octanol–water partition coefficient (Wildman–Crippen LogP) is 2.01. The van der Waals surface area contributed by atoms with Crippen molar-refractivity contribution in [2.45, 2.75) is 25.9 Å². The molecule has 1 N–H and O–H groups in total. The van der Waals surface area contributed by atoms with Gasteiger partial charge in [-0.15, -0.1) is 0 Å². The monoisotopic (exact) mass is 306 g/mol. The number of ether oxygens (including phenoxy) is 1. The Labute approximate surface area is 134 Å². The molecule has 2 rings (SSSR count). The maximum atomic E-state index is 10.1. The molecule has 124 valence electrons. The van der Waals surface area contributed by atoms with E-state index in [1.807, 2.05) is 31.2 Å². The minimum absolute atomic E-state index is 0.348. The lowest BCUT2D eigenvalue weighted by atomic mass is 9.96. The van der Waals surface area contributed by atoms with Crippen molar-refractivity contribution in [3.63, 3.8) is 0 Å². The molecule has 0 aliphatic carbocycles. The Balaban J connectivity index is 1.66. The second-order valence-corrected chi connectivity index (χ2v) is 6.75. The van der Waals surface area contributed by atoms with Crippen LogP contribution in [0.25, 0.3) is 0 Å². The fraction of sp³-hybridized carbons (Fsp3) is 0.667. The highest BCUT2D eigenvalue weighted by Gasteiger charge is 2.19. The zero-order chi connectivity index (χ0) is 15.9. The van der Waals surface area contributed by atoms with E-state index in [0.717, 1.165) is 18.2 Å². The van der Waals surface area contributed by atoms with E-state index in [1.54, 1.807) is 0 Å². The van der Waals surface area contributed by atoms with Crippen molar-refractivity contribution in [2.75, 3.05) is 46.9 Å². The third kappa shape index (κ3) is 5.95. The standard InChI is InChI=1S/C18H30N2O2/c1-15-5-4-6-18(11-15)22-14-17(21)13-20(3)12-16-7-9-19(2)10-8-16/h4-6,11,16-17,21H,7-10,12-14H2,1-3H3. The molecule has 22 heavy (non-hydrogen) atoms. The van der Waals surface area contributed by atoms with Gasteiger partial charge in [0.2, 0.25) is 0 Å². The summed E-state index contributed by atoms with van der Waals surface area (Å²) in [5.41, 5.74) is 1.17. The smallest absolute Gasteiger partial charge is 0.119 e. The van der Waals surface area contributed by atoms with Gasteiger partial charge >= 0.3 is 0 Å². The number of likely N-dealkylation sites (N-methyl/N-ethyl adjacent to an activating group) is 1. The highest BCUT2D eigenvalue weighted by molar-refractivity contribution is 5.27. The number of rotatable bonds is 7. The quantitative estimate of drug-likeness (QED) is 0.836. The number of piperidine rings is 1. The van der Waals surface area contributed by atoms with Crippen LogP contribution in [0.5, 0.6) is 5.75 Å². The van der Waals surface area contributed by atoms with E-state index < -0.39 is 6.10 Å². The van der Waals surface area contributed by atoms with Crippen LogP contribution in [-0.4, -0.2) is 67.9 Å². The van der Waals surface area contributed by atoms with Crippen molar-refractivity contribution in [1.82, 2.24) is 9.80 Å². The average Bonchev–Trinajstić information content (AvgIpc) is 2.47. The molecule has 0 bridgehead atoms. The number of hydrogen-bond donors (Lipinski definition) is 1. The Morgan fingerprint density at radius 1 is 1.36 bits per heavy atom. The van der Waals surface area contributed by atoms with Gasteiger partial charge in [0, 0.05) is 13.1 Å². The number of nitrogens with zero attached hydrogens (tertiary/aromatic N) is 2. The van der Waals surface area contributed by atoms with Crippen molar-refractivity contribution in [1.29, 1.82) is 0 Å². The van der Waals surface area contributed by atoms with Gasteiger partial charge in [0.1, 0.15) is 18.5 Å². The average molecular weight is 306 g/mol. The summed E-state index contributed by atoms with van der Waals surface area (Å²) in [6.07, 6.45) is 2.07. The molecule has 0 aromatic heterocycles. The fourth-order valence-corrected chi connectivity index (χ4v) is 3.07. The summed E-state index contributed by atoms with van der Waals surface area (Å²) in [4.78, 5) is 4.63. The van der Waals surface area contributed by atoms with Crippen LogP contribution in [-0.2, 0) is 0 Å². The van der Waals surface area contributed by atoms with Crippen LogP contribution in [0, 0.1) is 12.8 Å². The van der Waals surface area contributed by atoms with Gasteiger partial charge in [-0.2, -0.15) is 0 Å². The summed E-state index contributed by atoms with van der Waals surface area (Å²) < 4.78 is 5.67. The molecular weight excluding hydrogens is 276 g/mol. The lowest BCUT2D eigenvalue weighted by molar-refractivity contribution is 0.0670. The molecule has 1 unspecified atom stereocenters. The van der Waals surface area contributed by atoms with E-state index in [2.05, 4.69) is 23.9 Å². The van der Waals surface area contributed by atoms with E-state index >= 15 is 0 Å². The first-order valence-corrected chi connectivity index (χ1v) is 8.27. The molecule has 1 aromatic rings. The Morgan fingerprint density at radius 2 is 2.09 bits per heavy atom. The van der Waals surface area contributed by atoms with Gasteiger partial charge in [-0.3, -0.25) is 0 Å². The molecule has 1 aliphatic heterocycles. The van der Waals surface area contributed by atoms with Crippen LogP contribution in [0.3, 0.4) is 0 Å². The molecule has 1 aromatic carbocycles. The van der Waals surface area contributed by atoms with E-state index in [0.29, 0.717) is 13.2 Å². The first-order valence-electron chi connectivity index (χ1n) is 8.27. The van der Waals surface area contributed by atoms with Gasteiger partial charge < -0.3 is 19.6 Å². The van der Waals surface area contributed by atoms with Gasteiger partial charge in [0.25, 0.3) is 0 Å². The van der Waals surface area contributed by atoms with Crippen molar-refractivity contribution in [3.05, 3.63) is 29.8 Å². The van der Waals surface area contributed by atoms with Crippen molar-refractivity contribution >= 4 is 0 Å². The molecule has 1 heterocycles. The summed E-state index contributed by atoms with van der Waals surface area (Å²) in [5.74, 6) is 1.59. The number of aliphatic hydroxyl groups is 1. The van der Waals surface area contributed by atoms with Gasteiger partial charge in [0.05, 0.1) is 0 Å².